The first-order valence-electron chi connectivity index (χ1n) is 7.04. The predicted molar refractivity (Wildman–Crippen MR) is 73.8 cm³/mol. The van der Waals surface area contributed by atoms with Crippen LogP contribution in [0.2, 0.25) is 0 Å². The van der Waals surface area contributed by atoms with Crippen molar-refractivity contribution in [2.75, 3.05) is 11.9 Å². The van der Waals surface area contributed by atoms with Crippen molar-refractivity contribution >= 4 is 5.69 Å². The van der Waals surface area contributed by atoms with Gasteiger partial charge in [-0.2, -0.15) is 5.10 Å². The fourth-order valence-corrected chi connectivity index (χ4v) is 2.04. The van der Waals surface area contributed by atoms with E-state index in [9.17, 15) is 4.79 Å². The standard InChI is InChI=1S/C14H23N3O/c1-3-11(4-2)10-17-14(18)7-13(9-16-17)15-8-12-5-6-12/h7,9,11-12,15H,3-6,8,10H2,1-2H3. The number of aromatic nitrogens is 2. The molecule has 0 aromatic carbocycles. The zero-order valence-corrected chi connectivity index (χ0v) is 11.4. The van der Waals surface area contributed by atoms with Crippen LogP contribution in [-0.2, 0) is 6.54 Å². The minimum Gasteiger partial charge on any atom is -0.383 e. The van der Waals surface area contributed by atoms with Gasteiger partial charge in [0.25, 0.3) is 5.56 Å². The van der Waals surface area contributed by atoms with Crippen LogP contribution in [0.1, 0.15) is 39.5 Å². The lowest BCUT2D eigenvalue weighted by Crippen LogP contribution is -2.26. The molecule has 4 heteroatoms. The average Bonchev–Trinajstić information content (AvgIpc) is 3.19. The fraction of sp³-hybridized carbons (Fsp3) is 0.714. The SMILES string of the molecule is CCC(CC)Cn1ncc(NCC2CC2)cc1=O. The molecule has 0 spiro atoms. The number of nitrogens with zero attached hydrogens (tertiary/aromatic N) is 2. The molecule has 1 fully saturated rings. The Bertz CT molecular complexity index is 433. The highest BCUT2D eigenvalue weighted by atomic mass is 16.1. The minimum atomic E-state index is 0.00250. The highest BCUT2D eigenvalue weighted by Gasteiger charge is 2.20. The summed E-state index contributed by atoms with van der Waals surface area (Å²) < 4.78 is 1.58. The maximum Gasteiger partial charge on any atom is 0.268 e. The zero-order valence-electron chi connectivity index (χ0n) is 11.4. The minimum absolute atomic E-state index is 0.00250. The summed E-state index contributed by atoms with van der Waals surface area (Å²) in [6, 6.07) is 1.66. The van der Waals surface area contributed by atoms with E-state index < -0.39 is 0 Å². The molecule has 0 unspecified atom stereocenters. The van der Waals surface area contributed by atoms with E-state index in [1.54, 1.807) is 16.9 Å². The second kappa shape index (κ2) is 6.03. The van der Waals surface area contributed by atoms with Crippen LogP contribution in [0.3, 0.4) is 0 Å². The molecule has 1 aromatic heterocycles. The first-order valence-corrected chi connectivity index (χ1v) is 7.04. The van der Waals surface area contributed by atoms with Crippen molar-refractivity contribution in [3.63, 3.8) is 0 Å². The second-order valence-electron chi connectivity index (χ2n) is 5.27. The van der Waals surface area contributed by atoms with Gasteiger partial charge in [0.15, 0.2) is 0 Å². The normalized spacial score (nSPS) is 15.1. The maximum absolute atomic E-state index is 11.9. The van der Waals surface area contributed by atoms with Crippen LogP contribution in [0, 0.1) is 11.8 Å². The largest absolute Gasteiger partial charge is 0.383 e. The Morgan fingerprint density at radius 1 is 1.44 bits per heavy atom. The lowest BCUT2D eigenvalue weighted by atomic mass is 10.0. The Hall–Kier alpha value is -1.32. The van der Waals surface area contributed by atoms with Gasteiger partial charge in [0.2, 0.25) is 0 Å². The van der Waals surface area contributed by atoms with Crippen molar-refractivity contribution in [1.29, 1.82) is 0 Å². The van der Waals surface area contributed by atoms with Crippen molar-refractivity contribution in [2.45, 2.75) is 46.1 Å². The van der Waals surface area contributed by atoms with Gasteiger partial charge >= 0.3 is 0 Å². The summed E-state index contributed by atoms with van der Waals surface area (Å²) in [6.07, 6.45) is 6.57. The van der Waals surface area contributed by atoms with Gasteiger partial charge in [0, 0.05) is 19.2 Å². The van der Waals surface area contributed by atoms with Crippen molar-refractivity contribution in [1.82, 2.24) is 9.78 Å². The summed E-state index contributed by atoms with van der Waals surface area (Å²) >= 11 is 0. The van der Waals surface area contributed by atoms with Crippen molar-refractivity contribution in [3.05, 3.63) is 22.6 Å². The smallest absolute Gasteiger partial charge is 0.268 e. The second-order valence-corrected chi connectivity index (χ2v) is 5.27. The van der Waals surface area contributed by atoms with E-state index in [1.165, 1.54) is 12.8 Å². The highest BCUT2D eigenvalue weighted by Crippen LogP contribution is 2.28. The quantitative estimate of drug-likeness (QED) is 0.807. The molecule has 1 saturated carbocycles. The van der Waals surface area contributed by atoms with Gasteiger partial charge < -0.3 is 5.32 Å². The Kier molecular flexibility index (Phi) is 4.39. The van der Waals surface area contributed by atoms with Gasteiger partial charge in [-0.3, -0.25) is 4.79 Å². The van der Waals surface area contributed by atoms with E-state index in [2.05, 4.69) is 24.3 Å². The van der Waals surface area contributed by atoms with E-state index in [-0.39, 0.29) is 5.56 Å². The Labute approximate surface area is 108 Å². The molecule has 100 valence electrons. The summed E-state index contributed by atoms with van der Waals surface area (Å²) in [5.41, 5.74) is 0.857. The molecule has 1 aliphatic carbocycles. The maximum atomic E-state index is 11.9. The van der Waals surface area contributed by atoms with Gasteiger partial charge in [-0.15, -0.1) is 0 Å². The summed E-state index contributed by atoms with van der Waals surface area (Å²) in [5, 5.41) is 7.53. The molecule has 0 amide bonds. The third kappa shape index (κ3) is 3.59. The van der Waals surface area contributed by atoms with E-state index in [4.69, 9.17) is 0 Å². The van der Waals surface area contributed by atoms with Crippen LogP contribution in [0.5, 0.6) is 0 Å². The van der Waals surface area contributed by atoms with Gasteiger partial charge in [-0.05, 0) is 24.7 Å². The summed E-state index contributed by atoms with van der Waals surface area (Å²) in [6.45, 7) is 6.02. The Morgan fingerprint density at radius 2 is 2.17 bits per heavy atom. The van der Waals surface area contributed by atoms with E-state index in [1.807, 2.05) is 0 Å². The summed E-state index contributed by atoms with van der Waals surface area (Å²) in [4.78, 5) is 11.9. The molecule has 0 atom stereocenters. The molecular formula is C14H23N3O. The molecule has 0 bridgehead atoms. The van der Waals surface area contributed by atoms with Crippen LogP contribution in [0.15, 0.2) is 17.1 Å². The first-order chi connectivity index (χ1) is 8.72. The van der Waals surface area contributed by atoms with Gasteiger partial charge in [0.05, 0.1) is 11.9 Å². The summed E-state index contributed by atoms with van der Waals surface area (Å²) in [7, 11) is 0. The van der Waals surface area contributed by atoms with Crippen LogP contribution in [0.25, 0.3) is 0 Å². The third-order valence-electron chi connectivity index (χ3n) is 3.75. The first kappa shape index (κ1) is 13.1. The number of anilines is 1. The molecular weight excluding hydrogens is 226 g/mol. The van der Waals surface area contributed by atoms with E-state index in [0.717, 1.165) is 37.5 Å². The highest BCUT2D eigenvalue weighted by molar-refractivity contribution is 5.38. The van der Waals surface area contributed by atoms with E-state index in [0.29, 0.717) is 5.92 Å². The summed E-state index contributed by atoms with van der Waals surface area (Å²) in [5.74, 6) is 1.34. The molecule has 4 nitrogen and oxygen atoms in total. The van der Waals surface area contributed by atoms with Crippen LogP contribution in [0.4, 0.5) is 5.69 Å². The molecule has 18 heavy (non-hydrogen) atoms. The van der Waals surface area contributed by atoms with Crippen LogP contribution in [-0.4, -0.2) is 16.3 Å². The number of rotatable bonds is 7. The molecule has 1 aromatic rings. The van der Waals surface area contributed by atoms with Gasteiger partial charge in [-0.1, -0.05) is 26.7 Å². The third-order valence-corrected chi connectivity index (χ3v) is 3.75. The lowest BCUT2D eigenvalue weighted by Gasteiger charge is -2.13. The lowest BCUT2D eigenvalue weighted by molar-refractivity contribution is 0.385. The van der Waals surface area contributed by atoms with Crippen LogP contribution < -0.4 is 10.9 Å². The molecule has 0 radical (unpaired) electrons. The Morgan fingerprint density at radius 3 is 2.72 bits per heavy atom. The van der Waals surface area contributed by atoms with Crippen molar-refractivity contribution in [3.8, 4) is 0 Å². The monoisotopic (exact) mass is 249 g/mol. The van der Waals surface area contributed by atoms with Gasteiger partial charge in [0.1, 0.15) is 0 Å². The molecule has 2 rings (SSSR count). The fourth-order valence-electron chi connectivity index (χ4n) is 2.04. The van der Waals surface area contributed by atoms with Crippen molar-refractivity contribution in [2.24, 2.45) is 11.8 Å². The Balaban J connectivity index is 1.97. The molecule has 1 heterocycles. The predicted octanol–water partition coefficient (Wildman–Crippen LogP) is 2.50. The molecule has 0 saturated heterocycles. The van der Waals surface area contributed by atoms with Gasteiger partial charge in [-0.25, -0.2) is 4.68 Å². The number of hydrogen-bond donors (Lipinski definition) is 1. The van der Waals surface area contributed by atoms with Crippen molar-refractivity contribution < 1.29 is 0 Å². The average molecular weight is 249 g/mol. The number of hydrogen-bond acceptors (Lipinski definition) is 3. The zero-order chi connectivity index (χ0) is 13.0. The molecule has 1 N–H and O–H groups in total. The molecule has 0 aliphatic heterocycles. The van der Waals surface area contributed by atoms with Crippen LogP contribution >= 0.6 is 0 Å². The van der Waals surface area contributed by atoms with E-state index >= 15 is 0 Å². The molecule has 1 aliphatic rings. The number of nitrogens with one attached hydrogen (secondary N) is 1. The topological polar surface area (TPSA) is 46.9 Å².